The van der Waals surface area contributed by atoms with Gasteiger partial charge in [0.1, 0.15) is 12.4 Å². The van der Waals surface area contributed by atoms with Crippen LogP contribution in [0, 0.1) is 6.92 Å². The number of benzene rings is 1. The fourth-order valence-corrected chi connectivity index (χ4v) is 1.66. The number of carbonyl (C=O) groups is 1. The SMILES string of the molecule is Cc1ccc2c(c1)NC(CC(=O)O)CO2. The molecule has 2 N–H and O–H groups in total. The van der Waals surface area contributed by atoms with Crippen molar-refractivity contribution in [1.82, 2.24) is 0 Å². The van der Waals surface area contributed by atoms with E-state index in [2.05, 4.69) is 5.32 Å². The first-order valence-corrected chi connectivity index (χ1v) is 4.87. The lowest BCUT2D eigenvalue weighted by atomic mass is 10.1. The predicted octanol–water partition coefficient (Wildman–Crippen LogP) is 1.64. The lowest BCUT2D eigenvalue weighted by molar-refractivity contribution is -0.137. The highest BCUT2D eigenvalue weighted by Crippen LogP contribution is 2.30. The Bertz CT molecular complexity index is 389. The molecule has 0 aromatic heterocycles. The highest BCUT2D eigenvalue weighted by Gasteiger charge is 2.20. The zero-order valence-corrected chi connectivity index (χ0v) is 8.49. The minimum atomic E-state index is -0.813. The smallest absolute Gasteiger partial charge is 0.305 e. The molecule has 0 bridgehead atoms. The van der Waals surface area contributed by atoms with Crippen LogP contribution in [-0.4, -0.2) is 23.7 Å². The van der Waals surface area contributed by atoms with E-state index in [4.69, 9.17) is 9.84 Å². The zero-order valence-electron chi connectivity index (χ0n) is 8.49. The van der Waals surface area contributed by atoms with E-state index in [1.807, 2.05) is 25.1 Å². The van der Waals surface area contributed by atoms with Crippen molar-refractivity contribution < 1.29 is 14.6 Å². The molecule has 4 nitrogen and oxygen atoms in total. The number of anilines is 1. The van der Waals surface area contributed by atoms with Crippen molar-refractivity contribution in [2.45, 2.75) is 19.4 Å². The zero-order chi connectivity index (χ0) is 10.8. The number of aliphatic carboxylic acids is 1. The lowest BCUT2D eigenvalue weighted by Crippen LogP contribution is -2.33. The van der Waals surface area contributed by atoms with Gasteiger partial charge in [-0.25, -0.2) is 0 Å². The number of hydrogen-bond acceptors (Lipinski definition) is 3. The molecule has 0 fully saturated rings. The van der Waals surface area contributed by atoms with Crippen LogP contribution < -0.4 is 10.1 Å². The number of aryl methyl sites for hydroxylation is 1. The van der Waals surface area contributed by atoms with Crippen LogP contribution in [-0.2, 0) is 4.79 Å². The van der Waals surface area contributed by atoms with E-state index in [-0.39, 0.29) is 12.5 Å². The van der Waals surface area contributed by atoms with Crippen molar-refractivity contribution in [3.63, 3.8) is 0 Å². The molecule has 0 aliphatic carbocycles. The lowest BCUT2D eigenvalue weighted by Gasteiger charge is -2.26. The molecule has 4 heteroatoms. The molecule has 1 aromatic carbocycles. The Labute approximate surface area is 87.9 Å². The third-order valence-electron chi connectivity index (χ3n) is 2.36. The van der Waals surface area contributed by atoms with Gasteiger partial charge >= 0.3 is 5.97 Å². The summed E-state index contributed by atoms with van der Waals surface area (Å²) in [6.45, 7) is 2.39. The minimum Gasteiger partial charge on any atom is -0.489 e. The summed E-state index contributed by atoms with van der Waals surface area (Å²) in [7, 11) is 0. The monoisotopic (exact) mass is 207 g/mol. The molecular weight excluding hydrogens is 194 g/mol. The topological polar surface area (TPSA) is 58.6 Å². The van der Waals surface area contributed by atoms with Crippen molar-refractivity contribution in [1.29, 1.82) is 0 Å². The first-order valence-electron chi connectivity index (χ1n) is 4.87. The molecule has 0 saturated carbocycles. The summed E-state index contributed by atoms with van der Waals surface area (Å²) < 4.78 is 5.47. The van der Waals surface area contributed by atoms with Gasteiger partial charge in [0.15, 0.2) is 0 Å². The molecule has 1 aromatic rings. The van der Waals surface area contributed by atoms with Crippen LogP contribution in [0.3, 0.4) is 0 Å². The Kier molecular flexibility index (Phi) is 2.49. The Morgan fingerprint density at radius 3 is 3.20 bits per heavy atom. The van der Waals surface area contributed by atoms with Crippen molar-refractivity contribution >= 4 is 11.7 Å². The first-order chi connectivity index (χ1) is 7.15. The van der Waals surface area contributed by atoms with Crippen LogP contribution in [0.15, 0.2) is 18.2 Å². The summed E-state index contributed by atoms with van der Waals surface area (Å²) in [5.41, 5.74) is 2.01. The summed E-state index contributed by atoms with van der Waals surface area (Å²) in [6, 6.07) is 5.69. The second-order valence-corrected chi connectivity index (χ2v) is 3.75. The van der Waals surface area contributed by atoms with Crippen LogP contribution in [0.5, 0.6) is 5.75 Å². The van der Waals surface area contributed by atoms with Crippen molar-refractivity contribution in [2.24, 2.45) is 0 Å². The fraction of sp³-hybridized carbons (Fsp3) is 0.364. The second-order valence-electron chi connectivity index (χ2n) is 3.75. The summed E-state index contributed by atoms with van der Waals surface area (Å²) in [6.07, 6.45) is 0.0768. The number of carboxylic acid groups (broad SMARTS) is 1. The van der Waals surface area contributed by atoms with Crippen molar-refractivity contribution in [3.05, 3.63) is 23.8 Å². The molecule has 1 heterocycles. The minimum absolute atomic E-state index is 0.0768. The fourth-order valence-electron chi connectivity index (χ4n) is 1.66. The van der Waals surface area contributed by atoms with Crippen molar-refractivity contribution in [2.75, 3.05) is 11.9 Å². The van der Waals surface area contributed by atoms with E-state index >= 15 is 0 Å². The van der Waals surface area contributed by atoms with Gasteiger partial charge in [-0.05, 0) is 24.6 Å². The largest absolute Gasteiger partial charge is 0.489 e. The molecule has 80 valence electrons. The number of hydrogen-bond donors (Lipinski definition) is 2. The number of carboxylic acids is 1. The summed E-state index contributed by atoms with van der Waals surface area (Å²) in [4.78, 5) is 10.6. The quantitative estimate of drug-likeness (QED) is 0.774. The highest BCUT2D eigenvalue weighted by molar-refractivity contribution is 5.69. The summed E-state index contributed by atoms with van der Waals surface area (Å²) in [5.74, 6) is -0.0190. The van der Waals surface area contributed by atoms with Crippen LogP contribution in [0.1, 0.15) is 12.0 Å². The van der Waals surface area contributed by atoms with Crippen LogP contribution in [0.2, 0.25) is 0 Å². The third kappa shape index (κ3) is 2.21. The Balaban J connectivity index is 2.14. The molecule has 1 aliphatic rings. The van der Waals surface area contributed by atoms with Gasteiger partial charge in [0.25, 0.3) is 0 Å². The molecule has 0 saturated heterocycles. The third-order valence-corrected chi connectivity index (χ3v) is 2.36. The van der Waals surface area contributed by atoms with Crippen LogP contribution >= 0.6 is 0 Å². The van der Waals surface area contributed by atoms with Gasteiger partial charge in [0.2, 0.25) is 0 Å². The standard InChI is InChI=1S/C11H13NO3/c1-7-2-3-10-9(4-7)12-8(6-15-10)5-11(13)14/h2-4,8,12H,5-6H2,1H3,(H,13,14). The van der Waals surface area contributed by atoms with Gasteiger partial charge in [-0.3, -0.25) is 4.79 Å². The van der Waals surface area contributed by atoms with E-state index in [1.54, 1.807) is 0 Å². The maximum atomic E-state index is 10.6. The van der Waals surface area contributed by atoms with E-state index in [0.717, 1.165) is 17.0 Å². The molecule has 1 aliphatic heterocycles. The van der Waals surface area contributed by atoms with E-state index < -0.39 is 5.97 Å². The first kappa shape index (κ1) is 9.83. The normalized spacial score (nSPS) is 18.6. The van der Waals surface area contributed by atoms with Crippen molar-refractivity contribution in [3.8, 4) is 5.75 Å². The average Bonchev–Trinajstić information content (AvgIpc) is 2.16. The van der Waals surface area contributed by atoms with E-state index in [1.165, 1.54) is 0 Å². The number of ether oxygens (including phenoxy) is 1. The molecule has 1 unspecified atom stereocenters. The maximum absolute atomic E-state index is 10.6. The molecule has 0 amide bonds. The number of fused-ring (bicyclic) bond motifs is 1. The van der Waals surface area contributed by atoms with Gasteiger partial charge in [0.05, 0.1) is 18.2 Å². The van der Waals surface area contributed by atoms with Gasteiger partial charge in [-0.2, -0.15) is 0 Å². The average molecular weight is 207 g/mol. The Morgan fingerprint density at radius 1 is 1.67 bits per heavy atom. The molecule has 1 atom stereocenters. The Morgan fingerprint density at radius 2 is 2.47 bits per heavy atom. The Hall–Kier alpha value is -1.71. The van der Waals surface area contributed by atoms with Crippen LogP contribution in [0.25, 0.3) is 0 Å². The number of rotatable bonds is 2. The van der Waals surface area contributed by atoms with E-state index in [0.29, 0.717) is 6.61 Å². The predicted molar refractivity (Wildman–Crippen MR) is 56.3 cm³/mol. The van der Waals surface area contributed by atoms with Crippen LogP contribution in [0.4, 0.5) is 5.69 Å². The second kappa shape index (κ2) is 3.81. The molecule has 0 spiro atoms. The molecule has 0 radical (unpaired) electrons. The van der Waals surface area contributed by atoms with Gasteiger partial charge in [-0.1, -0.05) is 6.07 Å². The maximum Gasteiger partial charge on any atom is 0.305 e. The summed E-state index contributed by atoms with van der Waals surface area (Å²) >= 11 is 0. The molecular formula is C11H13NO3. The van der Waals surface area contributed by atoms with E-state index in [9.17, 15) is 4.79 Å². The van der Waals surface area contributed by atoms with Gasteiger partial charge in [-0.15, -0.1) is 0 Å². The molecule has 15 heavy (non-hydrogen) atoms. The highest BCUT2D eigenvalue weighted by atomic mass is 16.5. The summed E-state index contributed by atoms with van der Waals surface area (Å²) in [5, 5.41) is 11.8. The van der Waals surface area contributed by atoms with Gasteiger partial charge < -0.3 is 15.2 Å². The molecule has 2 rings (SSSR count). The number of nitrogens with one attached hydrogen (secondary N) is 1. The van der Waals surface area contributed by atoms with Gasteiger partial charge in [0, 0.05) is 0 Å².